The third kappa shape index (κ3) is 3.26. The average Bonchev–Trinajstić information content (AvgIpc) is 2.93. The van der Waals surface area contributed by atoms with E-state index in [1.54, 1.807) is 0 Å². The van der Waals surface area contributed by atoms with E-state index in [0.717, 1.165) is 33.8 Å². The van der Waals surface area contributed by atoms with Gasteiger partial charge in [0, 0.05) is 12.0 Å². The second-order valence-electron chi connectivity index (χ2n) is 5.60. The van der Waals surface area contributed by atoms with Gasteiger partial charge in [-0.05, 0) is 31.5 Å². The summed E-state index contributed by atoms with van der Waals surface area (Å²) in [5.74, 6) is -1.81. The number of nitrogens with zero attached hydrogens (tertiary/aromatic N) is 1. The van der Waals surface area contributed by atoms with Crippen LogP contribution < -0.4 is 0 Å². The van der Waals surface area contributed by atoms with E-state index >= 15 is 0 Å². The highest BCUT2D eigenvalue weighted by Gasteiger charge is 2.19. The van der Waals surface area contributed by atoms with Gasteiger partial charge in [-0.15, -0.1) is 11.3 Å². The molecule has 0 saturated heterocycles. The first kappa shape index (κ1) is 16.5. The Labute approximate surface area is 142 Å². The standard InChI is InChI=1S/C19H15F2NOS/c1-11-5-3-6-13(9-11)18-12(2)22-19(24-18)17(23)10-14-15(20)7-4-8-16(14)21/h3-9H,10H2,1-2H3. The summed E-state index contributed by atoms with van der Waals surface area (Å²) in [6.45, 7) is 3.82. The molecule has 0 aliphatic carbocycles. The van der Waals surface area contributed by atoms with E-state index in [2.05, 4.69) is 4.98 Å². The summed E-state index contributed by atoms with van der Waals surface area (Å²) in [5, 5.41) is 0.270. The molecule has 122 valence electrons. The van der Waals surface area contributed by atoms with Crippen molar-refractivity contribution in [3.05, 3.63) is 75.9 Å². The van der Waals surface area contributed by atoms with E-state index in [1.807, 2.05) is 38.1 Å². The Morgan fingerprint density at radius 1 is 1.08 bits per heavy atom. The van der Waals surface area contributed by atoms with Crippen molar-refractivity contribution in [1.29, 1.82) is 0 Å². The zero-order valence-electron chi connectivity index (χ0n) is 13.3. The summed E-state index contributed by atoms with van der Waals surface area (Å²) < 4.78 is 27.4. The molecule has 0 fully saturated rings. The Balaban J connectivity index is 1.91. The fourth-order valence-corrected chi connectivity index (χ4v) is 3.51. The molecule has 0 aliphatic heterocycles. The fraction of sp³-hybridized carbons (Fsp3) is 0.158. The fourth-order valence-electron chi connectivity index (χ4n) is 2.51. The normalized spacial score (nSPS) is 10.8. The van der Waals surface area contributed by atoms with Crippen LogP contribution in [0.25, 0.3) is 10.4 Å². The number of Topliss-reactive ketones (excluding diaryl/α,β-unsaturated/α-hetero) is 1. The van der Waals surface area contributed by atoms with Crippen molar-refractivity contribution < 1.29 is 13.6 Å². The molecule has 2 nitrogen and oxygen atoms in total. The lowest BCUT2D eigenvalue weighted by Crippen LogP contribution is -2.07. The lowest BCUT2D eigenvalue weighted by Gasteiger charge is -2.02. The molecule has 5 heteroatoms. The molecular weight excluding hydrogens is 328 g/mol. The molecule has 24 heavy (non-hydrogen) atoms. The third-order valence-electron chi connectivity index (χ3n) is 3.71. The monoisotopic (exact) mass is 343 g/mol. The van der Waals surface area contributed by atoms with E-state index in [0.29, 0.717) is 0 Å². The van der Waals surface area contributed by atoms with Crippen LogP contribution in [-0.4, -0.2) is 10.8 Å². The average molecular weight is 343 g/mol. The minimum Gasteiger partial charge on any atom is -0.291 e. The number of ketones is 1. The van der Waals surface area contributed by atoms with Crippen LogP contribution in [0.5, 0.6) is 0 Å². The van der Waals surface area contributed by atoms with Gasteiger partial charge in [-0.2, -0.15) is 0 Å². The van der Waals surface area contributed by atoms with Gasteiger partial charge in [0.1, 0.15) is 11.6 Å². The predicted octanol–water partition coefficient (Wildman–Crippen LogP) is 5.13. The zero-order chi connectivity index (χ0) is 17.3. The molecule has 1 heterocycles. The molecular formula is C19H15F2NOS. The van der Waals surface area contributed by atoms with Crippen molar-refractivity contribution in [1.82, 2.24) is 4.98 Å². The number of halogens is 2. The SMILES string of the molecule is Cc1cccc(-c2sc(C(=O)Cc3c(F)cccc3F)nc2C)c1. The Bertz CT molecular complexity index is 897. The van der Waals surface area contributed by atoms with Crippen molar-refractivity contribution in [2.24, 2.45) is 0 Å². The van der Waals surface area contributed by atoms with Gasteiger partial charge >= 0.3 is 0 Å². The van der Waals surface area contributed by atoms with Crippen LogP contribution in [0.1, 0.15) is 26.6 Å². The number of aryl methyl sites for hydroxylation is 2. The lowest BCUT2D eigenvalue weighted by molar-refractivity contribution is 0.0990. The van der Waals surface area contributed by atoms with E-state index in [-0.39, 0.29) is 22.8 Å². The second-order valence-corrected chi connectivity index (χ2v) is 6.60. The number of aromatic nitrogens is 1. The van der Waals surface area contributed by atoms with Crippen molar-refractivity contribution in [2.75, 3.05) is 0 Å². The van der Waals surface area contributed by atoms with Crippen LogP contribution in [0.4, 0.5) is 8.78 Å². The van der Waals surface area contributed by atoms with Gasteiger partial charge in [0.05, 0.1) is 10.6 Å². The second kappa shape index (κ2) is 6.61. The van der Waals surface area contributed by atoms with Gasteiger partial charge in [-0.3, -0.25) is 4.79 Å². The van der Waals surface area contributed by atoms with Gasteiger partial charge in [0.15, 0.2) is 10.8 Å². The summed E-state index contributed by atoms with van der Waals surface area (Å²) in [4.78, 5) is 17.6. The van der Waals surface area contributed by atoms with Gasteiger partial charge in [0.2, 0.25) is 0 Å². The molecule has 0 N–H and O–H groups in total. The van der Waals surface area contributed by atoms with Gasteiger partial charge in [0.25, 0.3) is 0 Å². The quantitative estimate of drug-likeness (QED) is 0.615. The topological polar surface area (TPSA) is 30.0 Å². The van der Waals surface area contributed by atoms with Crippen LogP contribution in [0, 0.1) is 25.5 Å². The number of thiazole rings is 1. The van der Waals surface area contributed by atoms with Crippen LogP contribution in [0.2, 0.25) is 0 Å². The van der Waals surface area contributed by atoms with Crippen LogP contribution in [0.3, 0.4) is 0 Å². The molecule has 2 aromatic carbocycles. The molecule has 0 amide bonds. The van der Waals surface area contributed by atoms with Crippen molar-refractivity contribution in [2.45, 2.75) is 20.3 Å². The van der Waals surface area contributed by atoms with Crippen molar-refractivity contribution >= 4 is 17.1 Å². The number of hydrogen-bond acceptors (Lipinski definition) is 3. The molecule has 0 bridgehead atoms. The smallest absolute Gasteiger partial charge is 0.195 e. The van der Waals surface area contributed by atoms with E-state index in [1.165, 1.54) is 17.4 Å². The third-order valence-corrected chi connectivity index (χ3v) is 4.96. The highest BCUT2D eigenvalue weighted by molar-refractivity contribution is 7.17. The highest BCUT2D eigenvalue weighted by atomic mass is 32.1. The van der Waals surface area contributed by atoms with Gasteiger partial charge in [-0.25, -0.2) is 13.8 Å². The molecule has 0 aliphatic rings. The number of carbonyl (C=O) groups excluding carboxylic acids is 1. The molecule has 0 saturated carbocycles. The van der Waals surface area contributed by atoms with Crippen molar-refractivity contribution in [3.8, 4) is 10.4 Å². The summed E-state index contributed by atoms with van der Waals surface area (Å²) in [6, 6.07) is 11.5. The minimum atomic E-state index is -0.712. The molecule has 3 rings (SSSR count). The first-order chi connectivity index (χ1) is 11.5. The van der Waals surface area contributed by atoms with E-state index in [4.69, 9.17) is 0 Å². The lowest BCUT2D eigenvalue weighted by atomic mass is 10.1. The highest BCUT2D eigenvalue weighted by Crippen LogP contribution is 2.31. The van der Waals surface area contributed by atoms with E-state index in [9.17, 15) is 13.6 Å². The first-order valence-electron chi connectivity index (χ1n) is 7.46. The largest absolute Gasteiger partial charge is 0.291 e. The summed E-state index contributed by atoms with van der Waals surface area (Å²) in [6.07, 6.45) is -0.335. The van der Waals surface area contributed by atoms with Gasteiger partial charge < -0.3 is 0 Å². The zero-order valence-corrected chi connectivity index (χ0v) is 14.1. The Morgan fingerprint density at radius 2 is 1.75 bits per heavy atom. The first-order valence-corrected chi connectivity index (χ1v) is 8.28. The molecule has 0 radical (unpaired) electrons. The van der Waals surface area contributed by atoms with Gasteiger partial charge in [-0.1, -0.05) is 35.9 Å². The maximum absolute atomic E-state index is 13.7. The molecule has 1 aromatic heterocycles. The summed E-state index contributed by atoms with van der Waals surface area (Å²) in [7, 11) is 0. The molecule has 0 spiro atoms. The number of carbonyl (C=O) groups is 1. The number of benzene rings is 2. The maximum atomic E-state index is 13.7. The molecule has 0 atom stereocenters. The maximum Gasteiger partial charge on any atom is 0.195 e. The summed E-state index contributed by atoms with van der Waals surface area (Å²) >= 11 is 1.25. The Morgan fingerprint density at radius 3 is 2.42 bits per heavy atom. The number of hydrogen-bond donors (Lipinski definition) is 0. The summed E-state index contributed by atoms with van der Waals surface area (Å²) in [5.41, 5.74) is 2.62. The van der Waals surface area contributed by atoms with Crippen LogP contribution in [-0.2, 0) is 6.42 Å². The Kier molecular flexibility index (Phi) is 4.53. The predicted molar refractivity (Wildman–Crippen MR) is 91.4 cm³/mol. The molecule has 0 unspecified atom stereocenters. The van der Waals surface area contributed by atoms with Crippen LogP contribution >= 0.6 is 11.3 Å². The minimum absolute atomic E-state index is 0.215. The molecule has 3 aromatic rings. The van der Waals surface area contributed by atoms with Crippen molar-refractivity contribution in [3.63, 3.8) is 0 Å². The Hall–Kier alpha value is -2.40. The van der Waals surface area contributed by atoms with E-state index < -0.39 is 11.6 Å². The number of rotatable bonds is 4. The van der Waals surface area contributed by atoms with Crippen LogP contribution in [0.15, 0.2) is 42.5 Å².